The van der Waals surface area contributed by atoms with Gasteiger partial charge in [-0.15, -0.1) is 0 Å². The summed E-state index contributed by atoms with van der Waals surface area (Å²) in [6, 6.07) is 17.0. The smallest absolute Gasteiger partial charge is 0.345 e. The second kappa shape index (κ2) is 9.61. The van der Waals surface area contributed by atoms with Crippen molar-refractivity contribution >= 4 is 61.3 Å². The molecule has 10 heteroatoms. The molecule has 0 saturated carbocycles. The zero-order chi connectivity index (χ0) is 21.7. The molecule has 0 spiro atoms. The summed E-state index contributed by atoms with van der Waals surface area (Å²) < 4.78 is 30.7. The molecule has 0 saturated heterocycles. The molecule has 3 aromatic rings. The third-order valence-corrected chi connectivity index (χ3v) is 6.08. The topological polar surface area (TPSA) is 84.8 Å². The second-order valence-electron chi connectivity index (χ2n) is 5.86. The van der Waals surface area contributed by atoms with Crippen molar-refractivity contribution in [2.75, 3.05) is 0 Å². The van der Waals surface area contributed by atoms with Gasteiger partial charge < -0.3 is 4.74 Å². The number of carbonyl (C=O) groups excluding carboxylic acids is 1. The van der Waals surface area contributed by atoms with E-state index in [-0.39, 0.29) is 21.2 Å². The van der Waals surface area contributed by atoms with E-state index in [1.807, 2.05) is 0 Å². The number of hydrazone groups is 1. The lowest BCUT2D eigenvalue weighted by molar-refractivity contribution is 0.0734. The SMILES string of the molecule is O=C(Oc1ccc(Br)cc1/C=N\NS(=O)(=O)c1ccc(Cl)cc1)c1ccccc1Cl. The zero-order valence-corrected chi connectivity index (χ0v) is 19.0. The van der Waals surface area contributed by atoms with Gasteiger partial charge in [0.2, 0.25) is 0 Å². The van der Waals surface area contributed by atoms with Crippen LogP contribution in [0.15, 0.2) is 81.2 Å². The zero-order valence-electron chi connectivity index (χ0n) is 15.1. The number of hydrogen-bond acceptors (Lipinski definition) is 5. The highest BCUT2D eigenvalue weighted by atomic mass is 79.9. The Labute approximate surface area is 191 Å². The van der Waals surface area contributed by atoms with Gasteiger partial charge in [-0.3, -0.25) is 0 Å². The number of ether oxygens (including phenoxy) is 1. The molecule has 0 aliphatic carbocycles. The average Bonchev–Trinajstić information content (AvgIpc) is 2.70. The summed E-state index contributed by atoms with van der Waals surface area (Å²) in [5.74, 6) is -0.475. The van der Waals surface area contributed by atoms with Crippen molar-refractivity contribution in [3.63, 3.8) is 0 Å². The quantitative estimate of drug-likeness (QED) is 0.204. The number of sulfonamides is 1. The van der Waals surface area contributed by atoms with Gasteiger partial charge >= 0.3 is 5.97 Å². The van der Waals surface area contributed by atoms with Crippen molar-refractivity contribution < 1.29 is 17.9 Å². The number of rotatable bonds is 6. The Balaban J connectivity index is 1.81. The monoisotopic (exact) mass is 526 g/mol. The lowest BCUT2D eigenvalue weighted by atomic mass is 10.2. The third-order valence-electron chi connectivity index (χ3n) is 3.77. The van der Waals surface area contributed by atoms with Crippen molar-refractivity contribution in [1.82, 2.24) is 4.83 Å². The van der Waals surface area contributed by atoms with Crippen LogP contribution >= 0.6 is 39.1 Å². The van der Waals surface area contributed by atoms with Crippen LogP contribution in [0.1, 0.15) is 15.9 Å². The van der Waals surface area contributed by atoms with Gasteiger partial charge in [-0.05, 0) is 54.6 Å². The van der Waals surface area contributed by atoms with Crippen LogP contribution in [0, 0.1) is 0 Å². The second-order valence-corrected chi connectivity index (χ2v) is 9.28. The van der Waals surface area contributed by atoms with Gasteiger partial charge in [0.05, 0.1) is 21.7 Å². The van der Waals surface area contributed by atoms with Crippen molar-refractivity contribution in [2.24, 2.45) is 5.10 Å². The number of halogens is 3. The molecule has 0 bridgehead atoms. The molecule has 0 fully saturated rings. The van der Waals surface area contributed by atoms with Crippen LogP contribution in [0.2, 0.25) is 10.0 Å². The summed E-state index contributed by atoms with van der Waals surface area (Å²) in [6.07, 6.45) is 1.23. The van der Waals surface area contributed by atoms with Gasteiger partial charge in [0.1, 0.15) is 5.75 Å². The van der Waals surface area contributed by atoms with Crippen molar-refractivity contribution in [3.05, 3.63) is 92.4 Å². The van der Waals surface area contributed by atoms with Gasteiger partial charge in [-0.1, -0.05) is 51.3 Å². The lowest BCUT2D eigenvalue weighted by Crippen LogP contribution is -2.18. The molecule has 3 aromatic carbocycles. The molecule has 6 nitrogen and oxygen atoms in total. The summed E-state index contributed by atoms with van der Waals surface area (Å²) in [5, 5.41) is 4.45. The van der Waals surface area contributed by atoms with E-state index in [0.29, 0.717) is 15.1 Å². The number of nitrogens with one attached hydrogen (secondary N) is 1. The summed E-state index contributed by atoms with van der Waals surface area (Å²) in [5.41, 5.74) is 0.567. The molecular formula is C20H13BrCl2N2O4S. The number of benzene rings is 3. The summed E-state index contributed by atoms with van der Waals surface area (Å²) in [6.45, 7) is 0. The molecule has 0 amide bonds. The van der Waals surface area contributed by atoms with Crippen LogP contribution < -0.4 is 9.57 Å². The standard InChI is InChI=1S/C20H13BrCl2N2O4S/c21-14-5-10-19(29-20(26)17-3-1-2-4-18(17)23)13(11-14)12-24-25-30(27,28)16-8-6-15(22)7-9-16/h1-12,25H/b24-12-. The lowest BCUT2D eigenvalue weighted by Gasteiger charge is -2.09. The van der Waals surface area contributed by atoms with E-state index < -0.39 is 16.0 Å². The van der Waals surface area contributed by atoms with E-state index in [4.69, 9.17) is 27.9 Å². The van der Waals surface area contributed by atoms with E-state index in [2.05, 4.69) is 25.9 Å². The molecule has 154 valence electrons. The minimum Gasteiger partial charge on any atom is -0.422 e. The molecule has 0 heterocycles. The Bertz CT molecular complexity index is 1220. The first-order valence-corrected chi connectivity index (χ1v) is 11.4. The van der Waals surface area contributed by atoms with Crippen LogP contribution in [0.3, 0.4) is 0 Å². The Morgan fingerprint density at radius 3 is 2.43 bits per heavy atom. The molecule has 0 radical (unpaired) electrons. The van der Waals surface area contributed by atoms with Crippen molar-refractivity contribution in [2.45, 2.75) is 4.90 Å². The normalized spacial score (nSPS) is 11.4. The van der Waals surface area contributed by atoms with Gasteiger partial charge in [-0.25, -0.2) is 9.63 Å². The van der Waals surface area contributed by atoms with Crippen LogP contribution in [0.4, 0.5) is 0 Å². The minimum atomic E-state index is -3.89. The molecule has 1 N–H and O–H groups in total. The van der Waals surface area contributed by atoms with E-state index in [9.17, 15) is 13.2 Å². The summed E-state index contributed by atoms with van der Waals surface area (Å²) in [7, 11) is -3.89. The van der Waals surface area contributed by atoms with E-state index >= 15 is 0 Å². The van der Waals surface area contributed by atoms with Gasteiger partial charge in [0.15, 0.2) is 0 Å². The Hall–Kier alpha value is -2.39. The summed E-state index contributed by atoms with van der Waals surface area (Å²) in [4.78, 5) is 14.5. The highest BCUT2D eigenvalue weighted by molar-refractivity contribution is 9.10. The fraction of sp³-hybridized carbons (Fsp3) is 0. The molecule has 0 unspecified atom stereocenters. The van der Waals surface area contributed by atoms with Crippen LogP contribution in [-0.4, -0.2) is 20.6 Å². The van der Waals surface area contributed by atoms with Crippen LogP contribution in [0.5, 0.6) is 5.75 Å². The Morgan fingerprint density at radius 1 is 1.03 bits per heavy atom. The maximum absolute atomic E-state index is 12.4. The predicted molar refractivity (Wildman–Crippen MR) is 120 cm³/mol. The predicted octanol–water partition coefficient (Wildman–Crippen LogP) is 5.29. The molecular weight excluding hydrogens is 515 g/mol. The first-order valence-electron chi connectivity index (χ1n) is 8.33. The Kier molecular flexibility index (Phi) is 7.14. The fourth-order valence-corrected chi connectivity index (χ4v) is 3.84. The molecule has 0 aliphatic heterocycles. The fourth-order valence-electron chi connectivity index (χ4n) is 2.33. The van der Waals surface area contributed by atoms with Crippen LogP contribution in [-0.2, 0) is 10.0 Å². The molecule has 30 heavy (non-hydrogen) atoms. The average molecular weight is 528 g/mol. The number of carbonyl (C=O) groups is 1. The van der Waals surface area contributed by atoms with Gasteiger partial charge in [-0.2, -0.15) is 13.5 Å². The minimum absolute atomic E-state index is 0.00339. The van der Waals surface area contributed by atoms with Crippen molar-refractivity contribution in [1.29, 1.82) is 0 Å². The first kappa shape index (κ1) is 22.3. The number of nitrogens with zero attached hydrogens (tertiary/aromatic N) is 1. The molecule has 0 aromatic heterocycles. The first-order chi connectivity index (χ1) is 14.3. The maximum atomic E-state index is 12.4. The largest absolute Gasteiger partial charge is 0.422 e. The van der Waals surface area contributed by atoms with E-state index in [1.165, 1.54) is 36.5 Å². The highest BCUT2D eigenvalue weighted by Gasteiger charge is 2.15. The number of esters is 1. The summed E-state index contributed by atoms with van der Waals surface area (Å²) >= 11 is 15.1. The van der Waals surface area contributed by atoms with Crippen LogP contribution in [0.25, 0.3) is 0 Å². The van der Waals surface area contributed by atoms with Gasteiger partial charge in [0, 0.05) is 15.1 Å². The number of hydrogen-bond donors (Lipinski definition) is 1. The van der Waals surface area contributed by atoms with E-state index in [1.54, 1.807) is 36.4 Å². The Morgan fingerprint density at radius 2 is 1.73 bits per heavy atom. The van der Waals surface area contributed by atoms with Gasteiger partial charge in [0.25, 0.3) is 10.0 Å². The third kappa shape index (κ3) is 5.60. The molecule has 3 rings (SSSR count). The molecule has 0 aliphatic rings. The highest BCUT2D eigenvalue weighted by Crippen LogP contribution is 2.24. The van der Waals surface area contributed by atoms with E-state index in [0.717, 1.165) is 0 Å². The van der Waals surface area contributed by atoms with Crippen molar-refractivity contribution in [3.8, 4) is 5.75 Å². The maximum Gasteiger partial charge on any atom is 0.345 e. The molecule has 0 atom stereocenters.